The topological polar surface area (TPSA) is 49.8 Å². The lowest BCUT2D eigenvalue weighted by Crippen LogP contribution is -2.35. The van der Waals surface area contributed by atoms with E-state index in [9.17, 15) is 13.2 Å². The van der Waals surface area contributed by atoms with Crippen molar-refractivity contribution < 1.29 is 27.8 Å². The minimum atomic E-state index is -5.08. The Morgan fingerprint density at radius 3 is 2.05 bits per heavy atom. The fourth-order valence-electron chi connectivity index (χ4n) is 3.92. The molecule has 0 radical (unpaired) electrons. The zero-order chi connectivity index (χ0) is 26.8. The summed E-state index contributed by atoms with van der Waals surface area (Å²) in [5.74, 6) is -1.18. The number of nitrogens with zero attached hydrogens (tertiary/aromatic N) is 1. The van der Waals surface area contributed by atoms with E-state index in [0.717, 1.165) is 37.0 Å². The van der Waals surface area contributed by atoms with Gasteiger partial charge in [-0.2, -0.15) is 13.2 Å². The molecule has 4 nitrogen and oxygen atoms in total. The highest BCUT2D eigenvalue weighted by Gasteiger charge is 2.38. The lowest BCUT2D eigenvalue weighted by Gasteiger charge is -2.32. The van der Waals surface area contributed by atoms with Gasteiger partial charge in [0.15, 0.2) is 0 Å². The van der Waals surface area contributed by atoms with E-state index in [4.69, 9.17) is 26.2 Å². The number of alkyl halides is 3. The summed E-state index contributed by atoms with van der Waals surface area (Å²) in [5.41, 5.74) is 3.69. The maximum absolute atomic E-state index is 10.6. The molecule has 3 aromatic carbocycles. The summed E-state index contributed by atoms with van der Waals surface area (Å²) in [5, 5.41) is 7.99. The van der Waals surface area contributed by atoms with Gasteiger partial charge in [0.1, 0.15) is 5.75 Å². The van der Waals surface area contributed by atoms with E-state index in [1.807, 2.05) is 12.1 Å². The van der Waals surface area contributed by atoms with E-state index in [1.165, 1.54) is 34.4 Å². The van der Waals surface area contributed by atoms with Crippen molar-refractivity contribution in [1.29, 1.82) is 0 Å². The zero-order valence-electron chi connectivity index (χ0n) is 20.4. The summed E-state index contributed by atoms with van der Waals surface area (Å²) >= 11 is 8.07. The molecule has 9 heteroatoms. The Morgan fingerprint density at radius 1 is 1.00 bits per heavy atom. The molecule has 1 N–H and O–H groups in total. The molecule has 3 aromatic rings. The molecular formula is C28H29ClF3NO3S. The number of aliphatic carboxylic acids is 1. The first-order chi connectivity index (χ1) is 17.7. The number of rotatable bonds is 7. The van der Waals surface area contributed by atoms with Crippen molar-refractivity contribution in [3.05, 3.63) is 83.4 Å². The highest BCUT2D eigenvalue weighted by Crippen LogP contribution is 2.26. The first-order valence-corrected chi connectivity index (χ1v) is 13.4. The van der Waals surface area contributed by atoms with Crippen molar-refractivity contribution in [2.45, 2.75) is 30.5 Å². The van der Waals surface area contributed by atoms with E-state index >= 15 is 0 Å². The van der Waals surface area contributed by atoms with Crippen LogP contribution in [0.4, 0.5) is 13.2 Å². The van der Waals surface area contributed by atoms with Crippen molar-refractivity contribution in [2.24, 2.45) is 5.92 Å². The molecule has 0 aromatic heterocycles. The second-order valence-electron chi connectivity index (χ2n) is 8.68. The third kappa shape index (κ3) is 9.29. The quantitative estimate of drug-likeness (QED) is 0.306. The minimum absolute atomic E-state index is 0.617. The first kappa shape index (κ1) is 28.9. The normalized spacial score (nSPS) is 14.5. The number of piperidine rings is 1. The van der Waals surface area contributed by atoms with Crippen molar-refractivity contribution in [3.63, 3.8) is 0 Å². The molecule has 1 aliphatic heterocycles. The van der Waals surface area contributed by atoms with Gasteiger partial charge < -0.3 is 9.84 Å². The highest BCUT2D eigenvalue weighted by molar-refractivity contribution is 7.98. The SMILES string of the molecule is CSc1ccc(-c2ccc(OCC3CCN(Cc4ccccc4Cl)CC3)cc2)cc1.O=C(O)C(F)(F)F. The summed E-state index contributed by atoms with van der Waals surface area (Å²) in [4.78, 5) is 12.7. The molecule has 198 valence electrons. The van der Waals surface area contributed by atoms with Gasteiger partial charge in [-0.25, -0.2) is 4.79 Å². The molecule has 1 heterocycles. The molecule has 0 unspecified atom stereocenters. The number of thioether (sulfide) groups is 1. The van der Waals surface area contributed by atoms with Crippen LogP contribution in [-0.4, -0.2) is 48.1 Å². The summed E-state index contributed by atoms with van der Waals surface area (Å²) in [7, 11) is 0. The molecule has 1 fully saturated rings. The van der Waals surface area contributed by atoms with Gasteiger partial charge in [-0.1, -0.05) is 54.1 Å². The van der Waals surface area contributed by atoms with Gasteiger partial charge in [0, 0.05) is 16.5 Å². The largest absolute Gasteiger partial charge is 0.493 e. The molecule has 0 atom stereocenters. The van der Waals surface area contributed by atoms with Crippen LogP contribution in [0.25, 0.3) is 11.1 Å². The third-order valence-corrected chi connectivity index (χ3v) is 7.18. The fraction of sp³-hybridized carbons (Fsp3) is 0.321. The van der Waals surface area contributed by atoms with Crippen molar-refractivity contribution in [1.82, 2.24) is 4.90 Å². The fourth-order valence-corrected chi connectivity index (χ4v) is 4.52. The van der Waals surface area contributed by atoms with Gasteiger partial charge in [0.2, 0.25) is 0 Å². The number of hydrogen-bond donors (Lipinski definition) is 1. The Bertz CT molecular complexity index is 1130. The second-order valence-corrected chi connectivity index (χ2v) is 9.96. The van der Waals surface area contributed by atoms with Gasteiger partial charge in [-0.15, -0.1) is 11.8 Å². The van der Waals surface area contributed by atoms with Crippen LogP contribution in [0.2, 0.25) is 5.02 Å². The number of benzene rings is 3. The number of halogens is 4. The van der Waals surface area contributed by atoms with E-state index in [-0.39, 0.29) is 0 Å². The van der Waals surface area contributed by atoms with E-state index in [2.05, 4.69) is 71.8 Å². The molecule has 0 amide bonds. The number of ether oxygens (including phenoxy) is 1. The van der Waals surface area contributed by atoms with E-state index < -0.39 is 12.1 Å². The monoisotopic (exact) mass is 551 g/mol. The lowest BCUT2D eigenvalue weighted by atomic mass is 9.97. The van der Waals surface area contributed by atoms with Crippen LogP contribution in [0.15, 0.2) is 77.7 Å². The summed E-state index contributed by atoms with van der Waals surface area (Å²) in [6.45, 7) is 3.93. The summed E-state index contributed by atoms with van der Waals surface area (Å²) < 4.78 is 37.8. The maximum Gasteiger partial charge on any atom is 0.490 e. The molecule has 1 aliphatic rings. The Balaban J connectivity index is 0.000000479. The number of carbonyl (C=O) groups is 1. The second kappa shape index (κ2) is 13.7. The number of likely N-dealkylation sites (tertiary alicyclic amines) is 1. The van der Waals surface area contributed by atoms with Crippen LogP contribution in [-0.2, 0) is 11.3 Å². The van der Waals surface area contributed by atoms with Crippen LogP contribution >= 0.6 is 23.4 Å². The number of carboxylic acids is 1. The van der Waals surface area contributed by atoms with Crippen LogP contribution in [0, 0.1) is 5.92 Å². The van der Waals surface area contributed by atoms with E-state index in [0.29, 0.717) is 5.92 Å². The Kier molecular flexibility index (Phi) is 10.7. The molecule has 1 saturated heterocycles. The summed E-state index contributed by atoms with van der Waals surface area (Å²) in [6.07, 6.45) is -0.640. The highest BCUT2D eigenvalue weighted by atomic mass is 35.5. The Morgan fingerprint density at radius 2 is 1.54 bits per heavy atom. The molecule has 0 aliphatic carbocycles. The van der Waals surface area contributed by atoms with Gasteiger partial charge in [-0.05, 0) is 85.1 Å². The van der Waals surface area contributed by atoms with Crippen LogP contribution in [0.5, 0.6) is 5.75 Å². The molecule has 0 bridgehead atoms. The predicted octanol–water partition coefficient (Wildman–Crippen LogP) is 7.65. The lowest BCUT2D eigenvalue weighted by molar-refractivity contribution is -0.192. The third-order valence-electron chi connectivity index (χ3n) is 6.06. The molecule has 0 spiro atoms. The molecule has 0 saturated carbocycles. The number of hydrogen-bond acceptors (Lipinski definition) is 4. The van der Waals surface area contributed by atoms with Crippen LogP contribution in [0.3, 0.4) is 0 Å². The number of carboxylic acid groups (broad SMARTS) is 1. The van der Waals surface area contributed by atoms with Crippen LogP contribution < -0.4 is 4.74 Å². The van der Waals surface area contributed by atoms with Crippen molar-refractivity contribution in [3.8, 4) is 16.9 Å². The molecule has 4 rings (SSSR count). The predicted molar refractivity (Wildman–Crippen MR) is 142 cm³/mol. The van der Waals surface area contributed by atoms with Crippen molar-refractivity contribution in [2.75, 3.05) is 26.0 Å². The van der Waals surface area contributed by atoms with Gasteiger partial charge >= 0.3 is 12.1 Å². The van der Waals surface area contributed by atoms with Crippen LogP contribution in [0.1, 0.15) is 18.4 Å². The molecular weight excluding hydrogens is 523 g/mol. The van der Waals surface area contributed by atoms with E-state index in [1.54, 1.807) is 11.8 Å². The zero-order valence-corrected chi connectivity index (χ0v) is 22.0. The molecule has 37 heavy (non-hydrogen) atoms. The minimum Gasteiger partial charge on any atom is -0.493 e. The Hall–Kier alpha value is -2.68. The summed E-state index contributed by atoms with van der Waals surface area (Å²) in [6, 6.07) is 25.3. The van der Waals surface area contributed by atoms with Crippen molar-refractivity contribution >= 4 is 29.3 Å². The Labute approximate surface area is 224 Å². The smallest absolute Gasteiger partial charge is 0.490 e. The average molecular weight is 552 g/mol. The standard InChI is InChI=1S/C26H28ClNOS.C2HF3O2/c1-30-25-12-8-22(9-13-25)21-6-10-24(11-7-21)29-19-20-14-16-28(17-15-20)18-23-4-2-3-5-26(23)27;3-2(4,5)1(6)7/h2-13,20H,14-19H2,1H3;(H,6,7). The average Bonchev–Trinajstić information content (AvgIpc) is 2.90. The van der Waals surface area contributed by atoms with Gasteiger partial charge in [0.05, 0.1) is 6.61 Å². The van der Waals surface area contributed by atoms with Gasteiger partial charge in [-0.3, -0.25) is 4.90 Å². The van der Waals surface area contributed by atoms with Gasteiger partial charge in [0.25, 0.3) is 0 Å². The first-order valence-electron chi connectivity index (χ1n) is 11.8. The maximum atomic E-state index is 10.6.